The zero-order valence-corrected chi connectivity index (χ0v) is 11.9. The molecule has 1 fully saturated rings. The van der Waals surface area contributed by atoms with E-state index in [0.29, 0.717) is 6.04 Å². The van der Waals surface area contributed by atoms with Gasteiger partial charge in [-0.25, -0.2) is 0 Å². The second-order valence-corrected chi connectivity index (χ2v) is 5.89. The number of benzene rings is 1. The van der Waals surface area contributed by atoms with Crippen LogP contribution in [-0.2, 0) is 0 Å². The lowest BCUT2D eigenvalue weighted by atomic mass is 10.1. The van der Waals surface area contributed by atoms with E-state index < -0.39 is 0 Å². The third-order valence-corrected chi connectivity index (χ3v) is 4.14. The van der Waals surface area contributed by atoms with Gasteiger partial charge in [0.05, 0.1) is 0 Å². The first-order chi connectivity index (χ1) is 9.06. The first kappa shape index (κ1) is 12.3. The van der Waals surface area contributed by atoms with Crippen LogP contribution in [0.1, 0.15) is 26.0 Å². The number of nitrogens with two attached hydrogens (primary N) is 1. The van der Waals surface area contributed by atoms with Crippen LogP contribution in [0.25, 0.3) is 10.8 Å². The maximum absolute atomic E-state index is 6.08. The van der Waals surface area contributed by atoms with Crippen LogP contribution in [0.5, 0.6) is 0 Å². The minimum atomic E-state index is 0.593. The molecule has 3 rings (SSSR count). The van der Waals surface area contributed by atoms with Gasteiger partial charge in [-0.05, 0) is 44.4 Å². The highest BCUT2D eigenvalue weighted by Gasteiger charge is 2.27. The monoisotopic (exact) mass is 255 g/mol. The molecule has 0 saturated carbocycles. The molecule has 0 spiro atoms. The minimum Gasteiger partial charge on any atom is -0.398 e. The quantitative estimate of drug-likeness (QED) is 0.794. The molecule has 19 heavy (non-hydrogen) atoms. The van der Waals surface area contributed by atoms with Crippen molar-refractivity contribution in [1.29, 1.82) is 0 Å². The van der Waals surface area contributed by atoms with Gasteiger partial charge in [0.1, 0.15) is 0 Å². The van der Waals surface area contributed by atoms with Crippen molar-refractivity contribution < 1.29 is 0 Å². The van der Waals surface area contributed by atoms with E-state index in [9.17, 15) is 0 Å². The number of aryl methyl sites for hydroxylation is 1. The van der Waals surface area contributed by atoms with Gasteiger partial charge in [0, 0.05) is 46.6 Å². The minimum absolute atomic E-state index is 0.593. The second kappa shape index (κ2) is 4.41. The molecule has 1 aromatic carbocycles. The van der Waals surface area contributed by atoms with Crippen molar-refractivity contribution in [1.82, 2.24) is 4.98 Å². The van der Waals surface area contributed by atoms with E-state index in [4.69, 9.17) is 5.73 Å². The van der Waals surface area contributed by atoms with Crippen LogP contribution in [0.2, 0.25) is 0 Å². The van der Waals surface area contributed by atoms with Crippen molar-refractivity contribution in [2.24, 2.45) is 5.92 Å². The maximum atomic E-state index is 6.08. The number of nitrogen functional groups attached to an aromatic ring is 1. The number of anilines is 2. The van der Waals surface area contributed by atoms with Crippen molar-refractivity contribution in [3.63, 3.8) is 0 Å². The molecule has 1 aliphatic heterocycles. The summed E-state index contributed by atoms with van der Waals surface area (Å²) in [4.78, 5) is 6.88. The smallest absolute Gasteiger partial charge is 0.0451 e. The number of rotatable bonds is 1. The Kier molecular flexibility index (Phi) is 2.85. The molecule has 100 valence electrons. The van der Waals surface area contributed by atoms with E-state index >= 15 is 0 Å². The van der Waals surface area contributed by atoms with Crippen LogP contribution in [0.4, 0.5) is 11.4 Å². The topological polar surface area (TPSA) is 42.1 Å². The molecule has 0 radical (unpaired) electrons. The van der Waals surface area contributed by atoms with Crippen LogP contribution in [0, 0.1) is 12.8 Å². The zero-order chi connectivity index (χ0) is 13.6. The Morgan fingerprint density at radius 3 is 2.74 bits per heavy atom. The molecule has 0 amide bonds. The fourth-order valence-electron chi connectivity index (χ4n) is 3.24. The van der Waals surface area contributed by atoms with Crippen molar-refractivity contribution >= 4 is 22.1 Å². The molecule has 2 unspecified atom stereocenters. The van der Waals surface area contributed by atoms with Crippen molar-refractivity contribution in [2.75, 3.05) is 17.2 Å². The first-order valence-electron chi connectivity index (χ1n) is 6.97. The van der Waals surface area contributed by atoms with Gasteiger partial charge in [0.25, 0.3) is 0 Å². The van der Waals surface area contributed by atoms with E-state index in [-0.39, 0.29) is 0 Å². The molecular formula is C16H21N3. The number of aromatic nitrogens is 1. The molecule has 0 bridgehead atoms. The van der Waals surface area contributed by atoms with Gasteiger partial charge in [-0.15, -0.1) is 0 Å². The standard InChI is InChI=1S/C16H21N3/c1-10-6-12(3)19(9-10)16-5-4-15(17)14-8-18-11(2)7-13(14)16/h4-5,7-8,10,12H,6,9,17H2,1-3H3. The molecule has 1 aromatic heterocycles. The summed E-state index contributed by atoms with van der Waals surface area (Å²) < 4.78 is 0. The molecule has 2 heterocycles. The Hall–Kier alpha value is -1.77. The molecule has 3 heteroatoms. The predicted molar refractivity (Wildman–Crippen MR) is 81.5 cm³/mol. The first-order valence-corrected chi connectivity index (χ1v) is 6.97. The van der Waals surface area contributed by atoms with E-state index in [2.05, 4.69) is 35.9 Å². The number of pyridine rings is 1. The lowest BCUT2D eigenvalue weighted by molar-refractivity contribution is 0.625. The molecule has 0 aliphatic carbocycles. The maximum Gasteiger partial charge on any atom is 0.0451 e. The molecule has 3 nitrogen and oxygen atoms in total. The van der Waals surface area contributed by atoms with Crippen molar-refractivity contribution in [3.8, 4) is 0 Å². The molecule has 2 aromatic rings. The zero-order valence-electron chi connectivity index (χ0n) is 11.9. The summed E-state index contributed by atoms with van der Waals surface area (Å²) in [6.07, 6.45) is 3.16. The van der Waals surface area contributed by atoms with Gasteiger partial charge in [0.15, 0.2) is 0 Å². The summed E-state index contributed by atoms with van der Waals surface area (Å²) in [5.74, 6) is 0.755. The van der Waals surface area contributed by atoms with Crippen LogP contribution in [-0.4, -0.2) is 17.6 Å². The third-order valence-electron chi connectivity index (χ3n) is 4.14. The van der Waals surface area contributed by atoms with Gasteiger partial charge in [-0.3, -0.25) is 4.98 Å². The van der Waals surface area contributed by atoms with Crippen LogP contribution < -0.4 is 10.6 Å². The van der Waals surface area contributed by atoms with Gasteiger partial charge in [-0.2, -0.15) is 0 Å². The number of hydrogen-bond acceptors (Lipinski definition) is 3. The molecule has 1 saturated heterocycles. The van der Waals surface area contributed by atoms with E-state index in [1.807, 2.05) is 19.2 Å². The van der Waals surface area contributed by atoms with Crippen LogP contribution in [0.15, 0.2) is 24.4 Å². The van der Waals surface area contributed by atoms with E-state index in [1.165, 1.54) is 17.5 Å². The Bertz CT molecular complexity index is 621. The lowest BCUT2D eigenvalue weighted by Gasteiger charge is -2.26. The molecular weight excluding hydrogens is 234 g/mol. The van der Waals surface area contributed by atoms with Gasteiger partial charge in [-0.1, -0.05) is 6.92 Å². The molecule has 1 aliphatic rings. The average molecular weight is 255 g/mol. The summed E-state index contributed by atoms with van der Waals surface area (Å²) in [6, 6.07) is 6.91. The van der Waals surface area contributed by atoms with E-state index in [1.54, 1.807) is 0 Å². The van der Waals surface area contributed by atoms with Crippen LogP contribution >= 0.6 is 0 Å². The molecule has 2 N–H and O–H groups in total. The summed E-state index contributed by atoms with van der Waals surface area (Å²) in [5, 5.41) is 2.29. The number of hydrogen-bond donors (Lipinski definition) is 1. The van der Waals surface area contributed by atoms with Crippen LogP contribution in [0.3, 0.4) is 0 Å². The summed E-state index contributed by atoms with van der Waals surface area (Å²) in [6.45, 7) is 7.78. The van der Waals surface area contributed by atoms with Gasteiger partial charge >= 0.3 is 0 Å². The Morgan fingerprint density at radius 1 is 1.26 bits per heavy atom. The third kappa shape index (κ3) is 2.03. The molecule has 2 atom stereocenters. The van der Waals surface area contributed by atoms with E-state index in [0.717, 1.165) is 29.2 Å². The Labute approximate surface area is 114 Å². The summed E-state index contributed by atoms with van der Waals surface area (Å²) >= 11 is 0. The fraction of sp³-hybridized carbons (Fsp3) is 0.438. The SMILES string of the molecule is Cc1cc2c(N3CC(C)CC3C)ccc(N)c2cn1. The average Bonchev–Trinajstić information content (AvgIpc) is 2.69. The number of nitrogens with zero attached hydrogens (tertiary/aromatic N) is 2. The second-order valence-electron chi connectivity index (χ2n) is 5.89. The largest absolute Gasteiger partial charge is 0.398 e. The van der Waals surface area contributed by atoms with Crippen molar-refractivity contribution in [2.45, 2.75) is 33.2 Å². The summed E-state index contributed by atoms with van der Waals surface area (Å²) in [7, 11) is 0. The Balaban J connectivity index is 2.18. The highest BCUT2D eigenvalue weighted by atomic mass is 15.2. The fourth-order valence-corrected chi connectivity index (χ4v) is 3.24. The highest BCUT2D eigenvalue weighted by molar-refractivity contribution is 6.01. The highest BCUT2D eigenvalue weighted by Crippen LogP contribution is 2.36. The summed E-state index contributed by atoms with van der Waals surface area (Å²) in [5.41, 5.74) is 9.23. The predicted octanol–water partition coefficient (Wildman–Crippen LogP) is 3.36. The number of fused-ring (bicyclic) bond motifs is 1. The Morgan fingerprint density at radius 2 is 2.05 bits per heavy atom. The van der Waals surface area contributed by atoms with Gasteiger partial charge < -0.3 is 10.6 Å². The van der Waals surface area contributed by atoms with Crippen molar-refractivity contribution in [3.05, 3.63) is 30.1 Å². The normalized spacial score (nSPS) is 23.2. The lowest BCUT2D eigenvalue weighted by Crippen LogP contribution is -2.26. The van der Waals surface area contributed by atoms with Gasteiger partial charge in [0.2, 0.25) is 0 Å².